The van der Waals surface area contributed by atoms with Gasteiger partial charge in [-0.2, -0.15) is 0 Å². The number of anilines is 1. The first-order valence-electron chi connectivity index (χ1n) is 6.69. The van der Waals surface area contributed by atoms with Gasteiger partial charge in [-0.3, -0.25) is 5.43 Å². The number of carbonyl (C=O) groups excluding carboxylic acids is 1. The predicted molar refractivity (Wildman–Crippen MR) is 88.0 cm³/mol. The van der Waals surface area contributed by atoms with Crippen LogP contribution in [0.2, 0.25) is 5.02 Å². The highest BCUT2D eigenvalue weighted by Gasteiger charge is 2.15. The molecule has 0 saturated carbocycles. The summed E-state index contributed by atoms with van der Waals surface area (Å²) < 4.78 is 5.72. The molecular weight excluding hydrogens is 320 g/mol. The van der Waals surface area contributed by atoms with Gasteiger partial charge >= 0.3 is 6.03 Å². The molecule has 8 heteroatoms. The molecule has 122 valence electrons. The molecule has 0 atom stereocenters. The summed E-state index contributed by atoms with van der Waals surface area (Å²) in [5.41, 5.74) is 3.83. The molecule has 2 amide bonds. The lowest BCUT2D eigenvalue weighted by Crippen LogP contribution is -2.48. The fourth-order valence-electron chi connectivity index (χ4n) is 2.01. The molecule has 6 N–H and O–H groups in total. The number of nitrogens with zero attached hydrogens (tertiary/aromatic N) is 1. The molecule has 0 aliphatic rings. The number of hydrogen-bond donors (Lipinski definition) is 4. The molecule has 0 radical (unpaired) electrons. The Morgan fingerprint density at radius 1 is 1.39 bits per heavy atom. The molecule has 0 heterocycles. The van der Waals surface area contributed by atoms with E-state index in [1.54, 1.807) is 31.2 Å². The standard InChI is InChI=1S/C15H17ClN4O3/c1-9-6-13(21)11(16)7-14(9)23-8-10-4-2-3-5-12(10)20(18)15(22)19-17/h2-7,21H,8,17-18H2,1H3,(H,19,22). The van der Waals surface area contributed by atoms with Gasteiger partial charge in [0.05, 0.1) is 10.7 Å². The molecule has 0 bridgehead atoms. The molecule has 0 spiro atoms. The molecular formula is C15H17ClN4O3. The van der Waals surface area contributed by atoms with E-state index in [2.05, 4.69) is 0 Å². The Balaban J connectivity index is 2.22. The van der Waals surface area contributed by atoms with E-state index in [4.69, 9.17) is 28.0 Å². The van der Waals surface area contributed by atoms with Gasteiger partial charge < -0.3 is 9.84 Å². The minimum absolute atomic E-state index is 0.00957. The maximum Gasteiger partial charge on any atom is 0.350 e. The molecule has 0 aliphatic heterocycles. The lowest BCUT2D eigenvalue weighted by Gasteiger charge is -2.19. The van der Waals surface area contributed by atoms with Crippen LogP contribution >= 0.6 is 11.6 Å². The first-order valence-corrected chi connectivity index (χ1v) is 7.07. The van der Waals surface area contributed by atoms with Gasteiger partial charge in [0.15, 0.2) is 0 Å². The second-order valence-corrected chi connectivity index (χ2v) is 5.21. The highest BCUT2D eigenvalue weighted by molar-refractivity contribution is 6.32. The molecule has 0 aromatic heterocycles. The van der Waals surface area contributed by atoms with Gasteiger partial charge in [0.2, 0.25) is 0 Å². The second-order valence-electron chi connectivity index (χ2n) is 4.81. The number of hydrogen-bond acceptors (Lipinski definition) is 5. The van der Waals surface area contributed by atoms with Crippen molar-refractivity contribution in [1.29, 1.82) is 0 Å². The van der Waals surface area contributed by atoms with Crippen molar-refractivity contribution in [2.45, 2.75) is 13.5 Å². The Morgan fingerprint density at radius 2 is 2.09 bits per heavy atom. The van der Waals surface area contributed by atoms with Gasteiger partial charge in [-0.1, -0.05) is 29.8 Å². The molecule has 0 fully saturated rings. The number of carbonyl (C=O) groups is 1. The van der Waals surface area contributed by atoms with Gasteiger partial charge in [0.1, 0.15) is 18.1 Å². The zero-order chi connectivity index (χ0) is 17.0. The van der Waals surface area contributed by atoms with E-state index < -0.39 is 6.03 Å². The minimum Gasteiger partial charge on any atom is -0.506 e. The summed E-state index contributed by atoms with van der Waals surface area (Å²) in [6, 6.07) is 9.38. The fraction of sp³-hybridized carbons (Fsp3) is 0.133. The van der Waals surface area contributed by atoms with Crippen LogP contribution in [0.1, 0.15) is 11.1 Å². The first-order chi connectivity index (χ1) is 10.9. The Kier molecular flexibility index (Phi) is 5.28. The fourth-order valence-corrected chi connectivity index (χ4v) is 2.16. The minimum atomic E-state index is -0.652. The number of amides is 2. The average molecular weight is 337 g/mol. The van der Waals surface area contributed by atoms with E-state index >= 15 is 0 Å². The number of phenolic OH excluding ortho intramolecular Hbond substituents is 1. The Labute approximate surface area is 138 Å². The molecule has 2 rings (SSSR count). The summed E-state index contributed by atoms with van der Waals surface area (Å²) in [7, 11) is 0. The van der Waals surface area contributed by atoms with Crippen molar-refractivity contribution < 1.29 is 14.6 Å². The smallest absolute Gasteiger partial charge is 0.350 e. The van der Waals surface area contributed by atoms with E-state index in [0.29, 0.717) is 17.0 Å². The van der Waals surface area contributed by atoms with Gasteiger partial charge in [0, 0.05) is 11.6 Å². The lowest BCUT2D eigenvalue weighted by atomic mass is 10.1. The third-order valence-electron chi connectivity index (χ3n) is 3.22. The summed E-state index contributed by atoms with van der Waals surface area (Å²) in [4.78, 5) is 11.6. The van der Waals surface area contributed by atoms with Crippen LogP contribution < -0.4 is 26.9 Å². The molecule has 23 heavy (non-hydrogen) atoms. The largest absolute Gasteiger partial charge is 0.506 e. The Hall–Kier alpha value is -2.48. The van der Waals surface area contributed by atoms with Gasteiger partial charge in [-0.05, 0) is 24.6 Å². The lowest BCUT2D eigenvalue weighted by molar-refractivity contribution is 0.246. The zero-order valence-electron chi connectivity index (χ0n) is 12.4. The number of aryl methyl sites for hydroxylation is 1. The molecule has 2 aromatic rings. The van der Waals surface area contributed by atoms with Crippen LogP contribution in [0, 0.1) is 6.92 Å². The van der Waals surface area contributed by atoms with E-state index in [0.717, 1.165) is 10.6 Å². The average Bonchev–Trinajstić information content (AvgIpc) is 2.55. The number of hydrazine groups is 2. The number of rotatable bonds is 4. The van der Waals surface area contributed by atoms with Crippen LogP contribution in [0.5, 0.6) is 11.5 Å². The maximum atomic E-state index is 11.6. The van der Waals surface area contributed by atoms with Crippen LogP contribution in [-0.4, -0.2) is 11.1 Å². The highest BCUT2D eigenvalue weighted by Crippen LogP contribution is 2.32. The van der Waals surface area contributed by atoms with Crippen LogP contribution in [0.25, 0.3) is 0 Å². The van der Waals surface area contributed by atoms with Crippen LogP contribution in [0.15, 0.2) is 36.4 Å². The number of nitrogens with one attached hydrogen (secondary N) is 1. The second kappa shape index (κ2) is 7.19. The third-order valence-corrected chi connectivity index (χ3v) is 3.52. The Bertz CT molecular complexity index is 724. The summed E-state index contributed by atoms with van der Waals surface area (Å²) in [6.45, 7) is 1.94. The van der Waals surface area contributed by atoms with Crippen molar-refractivity contribution in [1.82, 2.24) is 5.43 Å². The number of halogens is 1. The predicted octanol–water partition coefficient (Wildman–Crippen LogP) is 2.20. The van der Waals surface area contributed by atoms with Crippen molar-refractivity contribution in [2.75, 3.05) is 5.01 Å². The number of benzene rings is 2. The van der Waals surface area contributed by atoms with Crippen LogP contribution in [0.3, 0.4) is 0 Å². The van der Waals surface area contributed by atoms with Gasteiger partial charge in [0.25, 0.3) is 0 Å². The number of phenols is 1. The van der Waals surface area contributed by atoms with E-state index in [1.165, 1.54) is 12.1 Å². The third kappa shape index (κ3) is 3.84. The molecule has 2 aromatic carbocycles. The van der Waals surface area contributed by atoms with Crippen molar-refractivity contribution in [3.8, 4) is 11.5 Å². The summed E-state index contributed by atoms with van der Waals surface area (Å²) >= 11 is 5.88. The quantitative estimate of drug-likeness (QED) is 0.388. The maximum absolute atomic E-state index is 11.6. The van der Waals surface area contributed by atoms with Crippen molar-refractivity contribution in [2.24, 2.45) is 11.7 Å². The van der Waals surface area contributed by atoms with Crippen LogP contribution in [-0.2, 0) is 6.61 Å². The topological polar surface area (TPSA) is 114 Å². The summed E-state index contributed by atoms with van der Waals surface area (Å²) in [5, 5.41) is 10.6. The van der Waals surface area contributed by atoms with E-state index in [9.17, 15) is 9.90 Å². The molecule has 7 nitrogen and oxygen atoms in total. The van der Waals surface area contributed by atoms with Crippen molar-refractivity contribution in [3.05, 3.63) is 52.5 Å². The zero-order valence-corrected chi connectivity index (χ0v) is 13.2. The highest BCUT2D eigenvalue weighted by atomic mass is 35.5. The van der Waals surface area contributed by atoms with Gasteiger partial charge in [-0.15, -0.1) is 0 Å². The van der Waals surface area contributed by atoms with Crippen LogP contribution in [0.4, 0.5) is 10.5 Å². The number of para-hydroxylation sites is 1. The van der Waals surface area contributed by atoms with E-state index in [-0.39, 0.29) is 17.4 Å². The monoisotopic (exact) mass is 336 g/mol. The Morgan fingerprint density at radius 3 is 2.78 bits per heavy atom. The number of aromatic hydroxyl groups is 1. The summed E-state index contributed by atoms with van der Waals surface area (Å²) in [6.07, 6.45) is 0. The van der Waals surface area contributed by atoms with Gasteiger partial charge in [-0.25, -0.2) is 21.5 Å². The molecule has 0 unspecified atom stereocenters. The summed E-state index contributed by atoms with van der Waals surface area (Å²) in [5.74, 6) is 11.3. The van der Waals surface area contributed by atoms with Crippen molar-refractivity contribution in [3.63, 3.8) is 0 Å². The normalized spacial score (nSPS) is 10.3. The van der Waals surface area contributed by atoms with Crippen molar-refractivity contribution >= 4 is 23.3 Å². The molecule has 0 aliphatic carbocycles. The number of ether oxygens (including phenoxy) is 1. The van der Waals surface area contributed by atoms with E-state index in [1.807, 2.05) is 5.43 Å². The number of urea groups is 1. The SMILES string of the molecule is Cc1cc(O)c(Cl)cc1OCc1ccccc1N(N)C(=O)NN. The first kappa shape index (κ1) is 16.9. The number of nitrogens with two attached hydrogens (primary N) is 2. The molecule has 0 saturated heterocycles.